The fraction of sp³-hybridized carbons (Fsp3) is 0.500. The lowest BCUT2D eigenvalue weighted by atomic mass is 9.76. The van der Waals surface area contributed by atoms with E-state index in [1.807, 2.05) is 13.8 Å². The molecule has 1 heterocycles. The fourth-order valence-corrected chi connectivity index (χ4v) is 2.52. The summed E-state index contributed by atoms with van der Waals surface area (Å²) in [6, 6.07) is 2.11. The first kappa shape index (κ1) is 12.1. The molecule has 2 rings (SSSR count). The molecule has 0 aromatic heterocycles. The van der Waals surface area contributed by atoms with E-state index in [0.717, 1.165) is 28.7 Å². The number of benzene rings is 1. The molecule has 0 bridgehead atoms. The molecule has 1 saturated heterocycles. The number of carbonyl (C=O) groups is 1. The normalized spacial score (nSPS) is 17.4. The summed E-state index contributed by atoms with van der Waals surface area (Å²) in [5.74, 6) is 0.831. The highest BCUT2D eigenvalue weighted by Gasteiger charge is 2.44. The van der Waals surface area contributed by atoms with Crippen LogP contribution in [-0.2, 0) is 14.9 Å². The second kappa shape index (κ2) is 4.15. The first-order chi connectivity index (χ1) is 8.05. The highest BCUT2D eigenvalue weighted by atomic mass is 16.5. The van der Waals surface area contributed by atoms with E-state index < -0.39 is 5.41 Å². The first-order valence-corrected chi connectivity index (χ1v) is 5.75. The third kappa shape index (κ3) is 1.65. The minimum absolute atomic E-state index is 0.455. The van der Waals surface area contributed by atoms with Gasteiger partial charge in [-0.25, -0.2) is 0 Å². The Morgan fingerprint density at radius 2 is 1.94 bits per heavy atom. The zero-order valence-electron chi connectivity index (χ0n) is 10.8. The maximum absolute atomic E-state index is 11.4. The second-order valence-corrected chi connectivity index (χ2v) is 4.81. The van der Waals surface area contributed by atoms with Crippen LogP contribution in [0, 0.1) is 20.8 Å². The van der Waals surface area contributed by atoms with Gasteiger partial charge in [-0.15, -0.1) is 0 Å². The Hall–Kier alpha value is -1.35. The van der Waals surface area contributed by atoms with Crippen molar-refractivity contribution in [2.24, 2.45) is 0 Å². The van der Waals surface area contributed by atoms with Gasteiger partial charge in [0, 0.05) is 5.56 Å². The molecular weight excluding hydrogens is 216 g/mol. The van der Waals surface area contributed by atoms with Crippen molar-refractivity contribution >= 4 is 6.29 Å². The van der Waals surface area contributed by atoms with Crippen LogP contribution in [0.3, 0.4) is 0 Å². The molecule has 92 valence electrons. The average molecular weight is 234 g/mol. The lowest BCUT2D eigenvalue weighted by Gasteiger charge is -2.39. The Morgan fingerprint density at radius 1 is 1.29 bits per heavy atom. The number of carbonyl (C=O) groups excluding carboxylic acids is 1. The molecule has 17 heavy (non-hydrogen) atoms. The summed E-state index contributed by atoms with van der Waals surface area (Å²) < 4.78 is 10.7. The van der Waals surface area contributed by atoms with E-state index in [-0.39, 0.29) is 0 Å². The van der Waals surface area contributed by atoms with Crippen molar-refractivity contribution in [2.75, 3.05) is 20.3 Å². The molecule has 1 fully saturated rings. The molecular formula is C14H18O3. The highest BCUT2D eigenvalue weighted by molar-refractivity contribution is 5.75. The lowest BCUT2D eigenvalue weighted by molar-refractivity contribution is -0.130. The van der Waals surface area contributed by atoms with Crippen LogP contribution in [0.25, 0.3) is 0 Å². The Bertz CT molecular complexity index is 459. The molecule has 0 atom stereocenters. The maximum Gasteiger partial charge on any atom is 0.135 e. The Morgan fingerprint density at radius 3 is 2.35 bits per heavy atom. The van der Waals surface area contributed by atoms with Crippen LogP contribution < -0.4 is 4.74 Å². The van der Waals surface area contributed by atoms with Crippen molar-refractivity contribution in [3.05, 3.63) is 28.3 Å². The van der Waals surface area contributed by atoms with Gasteiger partial charge in [-0.3, -0.25) is 0 Å². The molecule has 1 aliphatic heterocycles. The fourth-order valence-electron chi connectivity index (χ4n) is 2.52. The molecule has 0 spiro atoms. The number of ether oxygens (including phenoxy) is 2. The summed E-state index contributed by atoms with van der Waals surface area (Å²) in [7, 11) is 1.66. The molecule has 3 nitrogen and oxygen atoms in total. The van der Waals surface area contributed by atoms with Crippen LogP contribution in [-0.4, -0.2) is 26.6 Å². The number of hydrogen-bond acceptors (Lipinski definition) is 3. The number of aryl methyl sites for hydroxylation is 2. The predicted octanol–water partition coefficient (Wildman–Crippen LogP) is 2.09. The van der Waals surface area contributed by atoms with Crippen molar-refractivity contribution in [3.8, 4) is 5.75 Å². The number of methoxy groups -OCH3 is 1. The Labute approximate surface area is 102 Å². The summed E-state index contributed by atoms with van der Waals surface area (Å²) in [4.78, 5) is 11.4. The van der Waals surface area contributed by atoms with Gasteiger partial charge in [-0.1, -0.05) is 6.07 Å². The Kier molecular flexibility index (Phi) is 2.96. The van der Waals surface area contributed by atoms with Crippen LogP contribution in [0.15, 0.2) is 6.07 Å². The average Bonchev–Trinajstić information content (AvgIpc) is 2.24. The number of hydrogen-bond donors (Lipinski definition) is 0. The molecule has 0 radical (unpaired) electrons. The van der Waals surface area contributed by atoms with Crippen molar-refractivity contribution in [2.45, 2.75) is 26.2 Å². The van der Waals surface area contributed by atoms with Gasteiger partial charge in [-0.05, 0) is 37.5 Å². The minimum atomic E-state index is -0.506. The van der Waals surface area contributed by atoms with Gasteiger partial charge in [0.25, 0.3) is 0 Å². The van der Waals surface area contributed by atoms with Gasteiger partial charge in [0.15, 0.2) is 0 Å². The minimum Gasteiger partial charge on any atom is -0.496 e. The van der Waals surface area contributed by atoms with Crippen LogP contribution in [0.2, 0.25) is 0 Å². The zero-order chi connectivity index (χ0) is 12.6. The van der Waals surface area contributed by atoms with Crippen molar-refractivity contribution in [1.82, 2.24) is 0 Å². The molecule has 0 N–H and O–H groups in total. The first-order valence-electron chi connectivity index (χ1n) is 5.75. The number of aldehydes is 1. The molecule has 3 heteroatoms. The maximum atomic E-state index is 11.4. The van der Waals surface area contributed by atoms with E-state index >= 15 is 0 Å². The van der Waals surface area contributed by atoms with Crippen molar-refractivity contribution in [3.63, 3.8) is 0 Å². The van der Waals surface area contributed by atoms with E-state index in [0.29, 0.717) is 13.2 Å². The quantitative estimate of drug-likeness (QED) is 0.751. The van der Waals surface area contributed by atoms with Gasteiger partial charge in [-0.2, -0.15) is 0 Å². The summed E-state index contributed by atoms with van der Waals surface area (Å²) in [5, 5.41) is 0. The highest BCUT2D eigenvalue weighted by Crippen LogP contribution is 2.41. The predicted molar refractivity (Wildman–Crippen MR) is 65.8 cm³/mol. The van der Waals surface area contributed by atoms with Gasteiger partial charge >= 0.3 is 0 Å². The van der Waals surface area contributed by atoms with Gasteiger partial charge in [0.2, 0.25) is 0 Å². The van der Waals surface area contributed by atoms with Gasteiger partial charge < -0.3 is 14.3 Å². The monoisotopic (exact) mass is 234 g/mol. The molecule has 0 saturated carbocycles. The van der Waals surface area contributed by atoms with E-state index in [2.05, 4.69) is 13.0 Å². The number of rotatable bonds is 3. The van der Waals surface area contributed by atoms with Crippen LogP contribution >= 0.6 is 0 Å². The topological polar surface area (TPSA) is 35.5 Å². The molecule has 0 aliphatic carbocycles. The summed E-state index contributed by atoms with van der Waals surface area (Å²) in [6.07, 6.45) is 0.996. The van der Waals surface area contributed by atoms with Gasteiger partial charge in [0.05, 0.1) is 20.3 Å². The van der Waals surface area contributed by atoms with Crippen molar-refractivity contribution in [1.29, 1.82) is 0 Å². The molecule has 1 aliphatic rings. The lowest BCUT2D eigenvalue weighted by Crippen LogP contribution is -2.49. The summed E-state index contributed by atoms with van der Waals surface area (Å²) >= 11 is 0. The van der Waals surface area contributed by atoms with E-state index in [1.165, 1.54) is 5.56 Å². The van der Waals surface area contributed by atoms with Crippen molar-refractivity contribution < 1.29 is 14.3 Å². The molecule has 0 amide bonds. The van der Waals surface area contributed by atoms with Crippen LogP contribution in [0.4, 0.5) is 0 Å². The van der Waals surface area contributed by atoms with E-state index in [1.54, 1.807) is 7.11 Å². The van der Waals surface area contributed by atoms with Crippen LogP contribution in [0.5, 0.6) is 5.75 Å². The summed E-state index contributed by atoms with van der Waals surface area (Å²) in [6.45, 7) is 7.01. The SMILES string of the molecule is COc1c(C)c(C)cc(C)c1C1(C=O)COC1. The zero-order valence-corrected chi connectivity index (χ0v) is 10.8. The molecule has 1 aromatic rings. The standard InChI is InChI=1S/C14H18O3/c1-9-5-10(2)12(13(16-4)11(9)3)14(6-15)7-17-8-14/h5-6H,7-8H2,1-4H3. The third-order valence-electron chi connectivity index (χ3n) is 3.63. The third-order valence-corrected chi connectivity index (χ3v) is 3.63. The smallest absolute Gasteiger partial charge is 0.135 e. The Balaban J connectivity index is 2.67. The summed E-state index contributed by atoms with van der Waals surface area (Å²) in [5.41, 5.74) is 3.86. The van der Waals surface area contributed by atoms with Gasteiger partial charge in [0.1, 0.15) is 17.5 Å². The second-order valence-electron chi connectivity index (χ2n) is 4.81. The largest absolute Gasteiger partial charge is 0.496 e. The van der Waals surface area contributed by atoms with E-state index in [4.69, 9.17) is 9.47 Å². The van der Waals surface area contributed by atoms with Crippen LogP contribution in [0.1, 0.15) is 22.3 Å². The molecule has 1 aromatic carbocycles. The molecule has 0 unspecified atom stereocenters. The van der Waals surface area contributed by atoms with E-state index in [9.17, 15) is 4.79 Å².